The Bertz CT molecular complexity index is 1300. The molecule has 1 amide bonds. The van der Waals surface area contributed by atoms with Crippen LogP contribution in [0.2, 0.25) is 5.02 Å². The van der Waals surface area contributed by atoms with E-state index in [1.54, 1.807) is 30.9 Å². The van der Waals surface area contributed by atoms with E-state index in [2.05, 4.69) is 20.3 Å². The van der Waals surface area contributed by atoms with E-state index in [0.717, 1.165) is 6.07 Å². The molecule has 1 aliphatic heterocycles. The van der Waals surface area contributed by atoms with Gasteiger partial charge in [0.15, 0.2) is 11.6 Å². The van der Waals surface area contributed by atoms with Gasteiger partial charge in [0.1, 0.15) is 5.82 Å². The van der Waals surface area contributed by atoms with E-state index in [1.807, 2.05) is 13.8 Å². The third kappa shape index (κ3) is 4.63. The molecule has 0 radical (unpaired) electrons. The number of carbonyl (C=O) groups excluding carboxylic acids is 1. The number of hydrogen-bond acceptors (Lipinski definition) is 6. The Morgan fingerprint density at radius 1 is 1.29 bits per heavy atom. The number of piperidine rings is 1. The third-order valence-electron chi connectivity index (χ3n) is 6.32. The number of aliphatic hydroxyl groups is 1. The lowest BCUT2D eigenvalue weighted by Gasteiger charge is -2.38. The summed E-state index contributed by atoms with van der Waals surface area (Å²) in [7, 11) is 0. The van der Waals surface area contributed by atoms with Gasteiger partial charge in [-0.3, -0.25) is 9.59 Å². The Morgan fingerprint density at radius 2 is 1.97 bits per heavy atom. The summed E-state index contributed by atoms with van der Waals surface area (Å²) in [5, 5.41) is 13.9. The Balaban J connectivity index is 1.54. The molecule has 3 unspecified atom stereocenters. The van der Waals surface area contributed by atoms with Crippen molar-refractivity contribution in [3.63, 3.8) is 0 Å². The summed E-state index contributed by atoms with van der Waals surface area (Å²) < 4.78 is 14.9. The molecule has 0 aliphatic carbocycles. The largest absolute Gasteiger partial charge is 0.392 e. The molecule has 3 atom stereocenters. The monoisotopic (exact) mass is 487 g/mol. The second-order valence-electron chi connectivity index (χ2n) is 9.12. The number of aliphatic hydroxyl groups excluding tert-OH is 1. The third-order valence-corrected chi connectivity index (χ3v) is 6.65. The zero-order valence-electron chi connectivity index (χ0n) is 19.4. The van der Waals surface area contributed by atoms with E-state index in [1.165, 1.54) is 6.20 Å². The Labute approximate surface area is 201 Å². The zero-order valence-corrected chi connectivity index (χ0v) is 20.2. The number of benzene rings is 1. The molecule has 10 heteroatoms. The minimum atomic E-state index is -0.678. The number of rotatable bonds is 4. The molecular weight excluding hydrogens is 461 g/mol. The van der Waals surface area contributed by atoms with E-state index in [4.69, 9.17) is 11.6 Å². The number of aromatic nitrogens is 3. The van der Waals surface area contributed by atoms with E-state index in [0.29, 0.717) is 40.4 Å². The quantitative estimate of drug-likeness (QED) is 0.517. The van der Waals surface area contributed by atoms with E-state index in [9.17, 15) is 19.1 Å². The molecule has 0 saturated carbocycles. The Kier molecular flexibility index (Phi) is 6.60. The standard InChI is InChI=1S/C24H27ClFN5O3/c1-11-9-31(10-12(2)21(11)32)24(34)15-5-19(26)22(27-8-15)28-13(3)16-6-17-20(7-18(16)25)29-14(4)30-23(17)33/h5-8,11-13,21,32H,9-10H2,1-4H3,(H,27,28)(H,29,30,33). The molecule has 0 bridgehead atoms. The Hall–Kier alpha value is -3.04. The molecule has 1 fully saturated rings. The highest BCUT2D eigenvalue weighted by molar-refractivity contribution is 6.32. The molecule has 1 aliphatic rings. The molecular formula is C24H27ClFN5O3. The first-order chi connectivity index (χ1) is 16.0. The molecule has 0 spiro atoms. The second kappa shape index (κ2) is 9.31. The lowest BCUT2D eigenvalue weighted by Crippen LogP contribution is -2.49. The lowest BCUT2D eigenvalue weighted by atomic mass is 9.88. The maximum Gasteiger partial charge on any atom is 0.258 e. The summed E-state index contributed by atoms with van der Waals surface area (Å²) >= 11 is 6.42. The van der Waals surface area contributed by atoms with Gasteiger partial charge < -0.3 is 20.3 Å². The minimum Gasteiger partial charge on any atom is -0.392 e. The van der Waals surface area contributed by atoms with Crippen LogP contribution in [-0.2, 0) is 0 Å². The van der Waals surface area contributed by atoms with Gasteiger partial charge in [0.05, 0.1) is 28.6 Å². The summed E-state index contributed by atoms with van der Waals surface area (Å²) in [4.78, 5) is 37.9. The molecule has 3 aromatic rings. The van der Waals surface area contributed by atoms with Gasteiger partial charge in [-0.15, -0.1) is 0 Å². The van der Waals surface area contributed by atoms with Gasteiger partial charge in [-0.1, -0.05) is 25.4 Å². The number of H-pyrrole nitrogens is 1. The predicted molar refractivity (Wildman–Crippen MR) is 129 cm³/mol. The summed E-state index contributed by atoms with van der Waals surface area (Å²) in [6.45, 7) is 8.03. The van der Waals surface area contributed by atoms with Gasteiger partial charge in [-0.05, 0) is 49.4 Å². The number of carbonyl (C=O) groups is 1. The summed E-state index contributed by atoms with van der Waals surface area (Å²) in [5.74, 6) is -0.681. The fourth-order valence-electron chi connectivity index (χ4n) is 4.46. The molecule has 3 N–H and O–H groups in total. The normalized spacial score (nSPS) is 21.5. The number of amides is 1. The molecule has 1 aromatic carbocycles. The summed E-state index contributed by atoms with van der Waals surface area (Å²) in [5.41, 5.74) is 0.918. The molecule has 8 nitrogen and oxygen atoms in total. The van der Waals surface area contributed by atoms with Crippen LogP contribution in [0.3, 0.4) is 0 Å². The van der Waals surface area contributed by atoms with Gasteiger partial charge in [0.25, 0.3) is 11.5 Å². The average Bonchev–Trinajstić information content (AvgIpc) is 2.77. The number of pyridine rings is 1. The van der Waals surface area contributed by atoms with Crippen molar-refractivity contribution < 1.29 is 14.3 Å². The van der Waals surface area contributed by atoms with Crippen LogP contribution in [0.15, 0.2) is 29.2 Å². The minimum absolute atomic E-state index is 0.0352. The molecule has 2 aromatic heterocycles. The Morgan fingerprint density at radius 3 is 2.62 bits per heavy atom. The molecule has 1 saturated heterocycles. The highest BCUT2D eigenvalue weighted by atomic mass is 35.5. The van der Waals surface area contributed by atoms with Crippen molar-refractivity contribution in [3.8, 4) is 0 Å². The van der Waals surface area contributed by atoms with Gasteiger partial charge in [0.2, 0.25) is 0 Å². The van der Waals surface area contributed by atoms with Crippen LogP contribution in [0, 0.1) is 24.6 Å². The maximum absolute atomic E-state index is 14.9. The number of aryl methyl sites for hydroxylation is 1. The van der Waals surface area contributed by atoms with E-state index >= 15 is 0 Å². The molecule has 3 heterocycles. The van der Waals surface area contributed by atoms with Crippen LogP contribution in [0.25, 0.3) is 10.9 Å². The highest BCUT2D eigenvalue weighted by Crippen LogP contribution is 2.30. The van der Waals surface area contributed by atoms with Gasteiger partial charge >= 0.3 is 0 Å². The van der Waals surface area contributed by atoms with Crippen LogP contribution in [0.1, 0.15) is 48.6 Å². The van der Waals surface area contributed by atoms with E-state index < -0.39 is 18.0 Å². The number of fused-ring (bicyclic) bond motifs is 1. The number of nitrogens with zero attached hydrogens (tertiary/aromatic N) is 3. The lowest BCUT2D eigenvalue weighted by molar-refractivity contribution is -0.00354. The first-order valence-corrected chi connectivity index (χ1v) is 11.5. The first-order valence-electron chi connectivity index (χ1n) is 11.1. The van der Waals surface area contributed by atoms with Crippen molar-refractivity contribution >= 4 is 34.2 Å². The zero-order chi connectivity index (χ0) is 24.7. The number of nitrogens with one attached hydrogen (secondary N) is 2. The number of anilines is 1. The fourth-order valence-corrected chi connectivity index (χ4v) is 4.79. The number of halogens is 2. The van der Waals surface area contributed by atoms with Crippen LogP contribution >= 0.6 is 11.6 Å². The topological polar surface area (TPSA) is 111 Å². The average molecular weight is 488 g/mol. The van der Waals surface area contributed by atoms with Crippen LogP contribution in [0.5, 0.6) is 0 Å². The van der Waals surface area contributed by atoms with Crippen LogP contribution in [0.4, 0.5) is 10.2 Å². The van der Waals surface area contributed by atoms with Crippen molar-refractivity contribution in [2.45, 2.75) is 39.8 Å². The SMILES string of the molecule is Cc1nc2cc(Cl)c(C(C)Nc3ncc(C(=O)N4CC(C)C(O)C(C)C4)cc3F)cc2c(=O)[nH]1. The molecule has 180 valence electrons. The van der Waals surface area contributed by atoms with E-state index in [-0.39, 0.29) is 34.7 Å². The van der Waals surface area contributed by atoms with Crippen LogP contribution < -0.4 is 10.9 Å². The van der Waals surface area contributed by atoms with Gasteiger partial charge in [0, 0.05) is 24.3 Å². The predicted octanol–water partition coefficient (Wildman–Crippen LogP) is 3.68. The van der Waals surface area contributed by atoms with Crippen molar-refractivity contribution in [1.29, 1.82) is 0 Å². The smallest absolute Gasteiger partial charge is 0.258 e. The van der Waals surface area contributed by atoms with Crippen molar-refractivity contribution in [2.75, 3.05) is 18.4 Å². The fraction of sp³-hybridized carbons (Fsp3) is 0.417. The van der Waals surface area contributed by atoms with Crippen molar-refractivity contribution in [2.24, 2.45) is 11.8 Å². The van der Waals surface area contributed by atoms with Crippen molar-refractivity contribution in [3.05, 3.63) is 62.5 Å². The second-order valence-corrected chi connectivity index (χ2v) is 9.53. The molecule has 34 heavy (non-hydrogen) atoms. The summed E-state index contributed by atoms with van der Waals surface area (Å²) in [6.07, 6.45) is 0.865. The van der Waals surface area contributed by atoms with Gasteiger partial charge in [-0.2, -0.15) is 0 Å². The number of aromatic amines is 1. The number of hydrogen-bond donors (Lipinski definition) is 3. The van der Waals surface area contributed by atoms with Gasteiger partial charge in [-0.25, -0.2) is 14.4 Å². The maximum atomic E-state index is 14.9. The number of likely N-dealkylation sites (tertiary alicyclic amines) is 1. The highest BCUT2D eigenvalue weighted by Gasteiger charge is 2.33. The summed E-state index contributed by atoms with van der Waals surface area (Å²) in [6, 6.07) is 3.91. The van der Waals surface area contributed by atoms with Crippen LogP contribution in [-0.4, -0.2) is 50.1 Å². The molecule has 4 rings (SSSR count). The van der Waals surface area contributed by atoms with Crippen molar-refractivity contribution in [1.82, 2.24) is 19.9 Å². The first kappa shape index (κ1) is 24.1.